The van der Waals surface area contributed by atoms with Gasteiger partial charge in [-0.15, -0.1) is 0 Å². The van der Waals surface area contributed by atoms with Crippen molar-refractivity contribution in [3.05, 3.63) is 71.5 Å². The highest BCUT2D eigenvalue weighted by atomic mass is 16.6. The van der Waals surface area contributed by atoms with Crippen molar-refractivity contribution in [1.82, 2.24) is 0 Å². The Hall–Kier alpha value is -3.61. The summed E-state index contributed by atoms with van der Waals surface area (Å²) in [5.74, 6) is -2.14. The van der Waals surface area contributed by atoms with E-state index in [4.69, 9.17) is 4.74 Å². The molecule has 7 nitrogen and oxygen atoms in total. The van der Waals surface area contributed by atoms with Crippen molar-refractivity contribution < 1.29 is 28.6 Å². The first-order valence-corrected chi connectivity index (χ1v) is 11.5. The summed E-state index contributed by atoms with van der Waals surface area (Å²) in [6, 6.07) is 14.1. The maximum atomic E-state index is 12.8. The molecule has 0 saturated heterocycles. The third-order valence-corrected chi connectivity index (χ3v) is 5.23. The molecule has 0 aliphatic rings. The predicted octanol–water partition coefficient (Wildman–Crippen LogP) is 5.45. The molecular formula is C27H33NO6. The lowest BCUT2D eigenvalue weighted by atomic mass is 10.0. The summed E-state index contributed by atoms with van der Waals surface area (Å²) in [5, 5.41) is 2.79. The normalized spacial score (nSPS) is 11.0. The van der Waals surface area contributed by atoms with Gasteiger partial charge in [0.05, 0.1) is 26.0 Å². The lowest BCUT2D eigenvalue weighted by Gasteiger charge is -2.13. The van der Waals surface area contributed by atoms with Crippen LogP contribution in [-0.2, 0) is 25.5 Å². The molecule has 0 aliphatic heterocycles. The maximum absolute atomic E-state index is 12.8. The standard InChI is InChI=1S/C27H33NO6/c1-4-5-6-7-8-9-12-20-15-17-21(18-16-20)26(30)28-22-13-10-11-14-23(22)34-24(27(31)33-3)19-25(29)32-2/h10-11,13-19H,4-9,12H2,1-3H3,(H,28,30)/b24-19+. The molecule has 1 amide bonds. The molecule has 7 heteroatoms. The number of ether oxygens (including phenoxy) is 3. The van der Waals surface area contributed by atoms with E-state index in [1.807, 2.05) is 12.1 Å². The van der Waals surface area contributed by atoms with Crippen molar-refractivity contribution in [3.63, 3.8) is 0 Å². The van der Waals surface area contributed by atoms with Crippen LogP contribution >= 0.6 is 0 Å². The van der Waals surface area contributed by atoms with Crippen LogP contribution in [0.2, 0.25) is 0 Å². The van der Waals surface area contributed by atoms with Gasteiger partial charge in [-0.2, -0.15) is 0 Å². The van der Waals surface area contributed by atoms with Gasteiger partial charge in [0.15, 0.2) is 5.75 Å². The second kappa shape index (κ2) is 14.5. The Morgan fingerprint density at radius 2 is 1.53 bits per heavy atom. The van der Waals surface area contributed by atoms with Gasteiger partial charge in [0.1, 0.15) is 0 Å². The topological polar surface area (TPSA) is 90.9 Å². The summed E-state index contributed by atoms with van der Waals surface area (Å²) in [7, 11) is 2.35. The van der Waals surface area contributed by atoms with E-state index in [9.17, 15) is 14.4 Å². The van der Waals surface area contributed by atoms with Crippen LogP contribution < -0.4 is 10.1 Å². The van der Waals surface area contributed by atoms with E-state index in [1.165, 1.54) is 51.9 Å². The Balaban J connectivity index is 2.03. The van der Waals surface area contributed by atoms with Crippen LogP contribution in [-0.4, -0.2) is 32.1 Å². The molecule has 182 valence electrons. The molecule has 0 unspecified atom stereocenters. The van der Waals surface area contributed by atoms with Crippen molar-refractivity contribution >= 4 is 23.5 Å². The van der Waals surface area contributed by atoms with Gasteiger partial charge in [-0.25, -0.2) is 9.59 Å². The summed E-state index contributed by atoms with van der Waals surface area (Å²) in [5.41, 5.74) is 2.04. The fraction of sp³-hybridized carbons (Fsp3) is 0.370. The van der Waals surface area contributed by atoms with E-state index in [2.05, 4.69) is 21.7 Å². The van der Waals surface area contributed by atoms with Gasteiger partial charge in [-0.1, -0.05) is 63.3 Å². The molecule has 0 aromatic heterocycles. The Morgan fingerprint density at radius 3 is 2.21 bits per heavy atom. The molecule has 0 spiro atoms. The van der Waals surface area contributed by atoms with E-state index < -0.39 is 11.9 Å². The molecule has 0 atom stereocenters. The van der Waals surface area contributed by atoms with Crippen LogP contribution in [0.3, 0.4) is 0 Å². The van der Waals surface area contributed by atoms with Crippen LogP contribution in [0, 0.1) is 0 Å². The number of methoxy groups -OCH3 is 2. The molecule has 0 saturated carbocycles. The lowest BCUT2D eigenvalue weighted by molar-refractivity contribution is -0.140. The van der Waals surface area contributed by atoms with Crippen molar-refractivity contribution in [2.45, 2.75) is 51.9 Å². The maximum Gasteiger partial charge on any atom is 0.374 e. The highest BCUT2D eigenvalue weighted by Gasteiger charge is 2.18. The molecule has 0 aliphatic carbocycles. The fourth-order valence-electron chi connectivity index (χ4n) is 3.30. The summed E-state index contributed by atoms with van der Waals surface area (Å²) in [6.45, 7) is 2.21. The van der Waals surface area contributed by atoms with Gasteiger partial charge in [-0.3, -0.25) is 4.79 Å². The first-order chi connectivity index (χ1) is 16.5. The number of amides is 1. The van der Waals surface area contributed by atoms with Crippen LogP contribution in [0.4, 0.5) is 5.69 Å². The van der Waals surface area contributed by atoms with E-state index in [0.717, 1.165) is 18.9 Å². The summed E-state index contributed by atoms with van der Waals surface area (Å²) >= 11 is 0. The number of rotatable bonds is 13. The largest absolute Gasteiger partial charge is 0.466 e. The zero-order valence-corrected chi connectivity index (χ0v) is 20.1. The van der Waals surface area contributed by atoms with Crippen molar-refractivity contribution in [2.24, 2.45) is 0 Å². The van der Waals surface area contributed by atoms with Gasteiger partial charge in [0, 0.05) is 5.56 Å². The average Bonchev–Trinajstić information content (AvgIpc) is 2.86. The van der Waals surface area contributed by atoms with E-state index in [0.29, 0.717) is 11.3 Å². The van der Waals surface area contributed by atoms with Gasteiger partial charge < -0.3 is 19.5 Å². The molecule has 2 aromatic rings. The number of esters is 2. The number of carbonyl (C=O) groups excluding carboxylic acids is 3. The number of para-hydroxylation sites is 2. The zero-order chi connectivity index (χ0) is 24.8. The molecule has 2 aromatic carbocycles. The minimum absolute atomic E-state index is 0.177. The van der Waals surface area contributed by atoms with E-state index in [1.54, 1.807) is 36.4 Å². The number of unbranched alkanes of at least 4 members (excludes halogenated alkanes) is 5. The Labute approximate surface area is 201 Å². The van der Waals surface area contributed by atoms with Crippen molar-refractivity contribution in [1.29, 1.82) is 0 Å². The molecule has 0 fully saturated rings. The first kappa shape index (κ1) is 26.6. The van der Waals surface area contributed by atoms with Crippen LogP contribution in [0.25, 0.3) is 0 Å². The van der Waals surface area contributed by atoms with Crippen LogP contribution in [0.1, 0.15) is 61.4 Å². The lowest BCUT2D eigenvalue weighted by Crippen LogP contribution is -2.16. The summed E-state index contributed by atoms with van der Waals surface area (Å²) in [6.07, 6.45) is 9.34. The number of nitrogens with one attached hydrogen (secondary N) is 1. The number of aryl methyl sites for hydroxylation is 1. The van der Waals surface area contributed by atoms with Gasteiger partial charge in [-0.05, 0) is 42.7 Å². The number of hydrogen-bond donors (Lipinski definition) is 1. The van der Waals surface area contributed by atoms with Gasteiger partial charge in [0.25, 0.3) is 5.91 Å². The molecule has 0 radical (unpaired) electrons. The first-order valence-electron chi connectivity index (χ1n) is 11.5. The third-order valence-electron chi connectivity index (χ3n) is 5.23. The number of carbonyl (C=O) groups is 3. The smallest absolute Gasteiger partial charge is 0.374 e. The van der Waals surface area contributed by atoms with Gasteiger partial charge in [0.2, 0.25) is 5.76 Å². The second-order valence-electron chi connectivity index (χ2n) is 7.79. The van der Waals surface area contributed by atoms with Crippen molar-refractivity contribution in [2.75, 3.05) is 19.5 Å². The Bertz CT molecular complexity index is 981. The molecule has 0 bridgehead atoms. The minimum Gasteiger partial charge on any atom is -0.466 e. The quantitative estimate of drug-likeness (QED) is 0.182. The zero-order valence-electron chi connectivity index (χ0n) is 20.1. The highest BCUT2D eigenvalue weighted by molar-refractivity contribution is 6.05. The minimum atomic E-state index is -0.854. The Morgan fingerprint density at radius 1 is 0.853 bits per heavy atom. The summed E-state index contributed by atoms with van der Waals surface area (Å²) < 4.78 is 14.8. The number of anilines is 1. The fourth-order valence-corrected chi connectivity index (χ4v) is 3.30. The highest BCUT2D eigenvalue weighted by Crippen LogP contribution is 2.27. The van der Waals surface area contributed by atoms with Crippen LogP contribution in [0.15, 0.2) is 60.4 Å². The molecule has 0 heterocycles. The average molecular weight is 468 g/mol. The van der Waals surface area contributed by atoms with Crippen molar-refractivity contribution in [3.8, 4) is 5.75 Å². The second-order valence-corrected chi connectivity index (χ2v) is 7.79. The molecule has 1 N–H and O–H groups in total. The van der Waals surface area contributed by atoms with E-state index >= 15 is 0 Å². The summed E-state index contributed by atoms with van der Waals surface area (Å²) in [4.78, 5) is 36.4. The van der Waals surface area contributed by atoms with Gasteiger partial charge >= 0.3 is 11.9 Å². The number of hydrogen-bond acceptors (Lipinski definition) is 6. The monoisotopic (exact) mass is 467 g/mol. The van der Waals surface area contributed by atoms with E-state index in [-0.39, 0.29) is 17.4 Å². The third kappa shape index (κ3) is 8.73. The molecule has 2 rings (SSSR count). The molecule has 34 heavy (non-hydrogen) atoms. The SMILES string of the molecule is CCCCCCCCc1ccc(C(=O)Nc2ccccc2O/C(=C/C(=O)OC)C(=O)OC)cc1. The molecular weight excluding hydrogens is 434 g/mol. The predicted molar refractivity (Wildman–Crippen MR) is 131 cm³/mol. The Kier molecular flexibility index (Phi) is 11.4. The number of benzene rings is 2. The van der Waals surface area contributed by atoms with Crippen LogP contribution in [0.5, 0.6) is 5.75 Å².